The molecule has 0 spiro atoms. The molecule has 0 amide bonds. The lowest BCUT2D eigenvalue weighted by Gasteiger charge is -2.12. The molecule has 0 radical (unpaired) electrons. The average molecular weight is 848 g/mol. The van der Waals surface area contributed by atoms with Crippen molar-refractivity contribution in [2.45, 2.75) is 0 Å². The van der Waals surface area contributed by atoms with E-state index in [1.165, 1.54) is 20.2 Å². The lowest BCUT2D eigenvalue weighted by atomic mass is 10.1. The van der Waals surface area contributed by atoms with Gasteiger partial charge in [0.25, 0.3) is 0 Å². The molecule has 0 aliphatic carbocycles. The highest BCUT2D eigenvalue weighted by Gasteiger charge is 2.24. The molecule has 8 heteroatoms. The summed E-state index contributed by atoms with van der Waals surface area (Å²) in [4.78, 5) is 26.1. The number of hydrogen-bond donors (Lipinski definition) is 0. The van der Waals surface area contributed by atoms with Crippen molar-refractivity contribution in [1.29, 1.82) is 0 Å². The summed E-state index contributed by atoms with van der Waals surface area (Å²) < 4.78 is 7.03. The second-order valence-electron chi connectivity index (χ2n) is 16.5. The number of benzene rings is 9. The van der Waals surface area contributed by atoms with E-state index in [1.54, 1.807) is 0 Å². The van der Waals surface area contributed by atoms with Gasteiger partial charge in [-0.25, -0.2) is 15.0 Å². The molecule has 0 saturated carbocycles. The van der Waals surface area contributed by atoms with Crippen LogP contribution in [-0.2, 0) is 0 Å². The smallest absolute Gasteiger partial charge is 0.238 e. The molecule has 5 heterocycles. The SMILES string of the molecule is c1ccc2cc(-c3nc(-c4ccc5ccccc5c4)nc(-n4c5ccccc5c5ccc6c(c7ccccc7n6-c6ccnc(-c7ccc8sc9ccccc9c8c7)n6)c54)n3)ccc2c1. The largest absolute Gasteiger partial charge is 0.294 e. The molecule has 14 aromatic rings. The van der Waals surface area contributed by atoms with Crippen LogP contribution in [0.3, 0.4) is 0 Å². The van der Waals surface area contributed by atoms with Gasteiger partial charge in [-0.3, -0.25) is 9.13 Å². The third-order valence-corrected chi connectivity index (χ3v) is 14.0. The van der Waals surface area contributed by atoms with E-state index in [9.17, 15) is 0 Å². The summed E-state index contributed by atoms with van der Waals surface area (Å²) in [6, 6.07) is 68.4. The molecule has 0 aliphatic rings. The molecule has 9 aromatic carbocycles. The molecule has 7 nitrogen and oxygen atoms in total. The normalized spacial score (nSPS) is 12.0. The lowest BCUT2D eigenvalue weighted by molar-refractivity contribution is 0.955. The van der Waals surface area contributed by atoms with Crippen molar-refractivity contribution in [1.82, 2.24) is 34.1 Å². The van der Waals surface area contributed by atoms with Crippen molar-refractivity contribution in [2.75, 3.05) is 0 Å². The molecule has 0 aliphatic heterocycles. The highest BCUT2D eigenvalue weighted by atomic mass is 32.1. The van der Waals surface area contributed by atoms with Gasteiger partial charge in [0.05, 0.1) is 22.1 Å². The summed E-state index contributed by atoms with van der Waals surface area (Å²) in [6.45, 7) is 0. The topological polar surface area (TPSA) is 74.3 Å². The summed E-state index contributed by atoms with van der Waals surface area (Å²) in [5.41, 5.74) is 6.90. The van der Waals surface area contributed by atoms with Gasteiger partial charge in [0.15, 0.2) is 17.5 Å². The van der Waals surface area contributed by atoms with E-state index in [2.05, 4.69) is 197 Å². The molecule has 0 unspecified atom stereocenters. The van der Waals surface area contributed by atoms with E-state index in [4.69, 9.17) is 24.9 Å². The lowest BCUT2D eigenvalue weighted by Crippen LogP contribution is -2.06. The molecule has 5 aromatic heterocycles. The van der Waals surface area contributed by atoms with E-state index in [1.807, 2.05) is 23.6 Å². The third-order valence-electron chi connectivity index (χ3n) is 12.8. The molecule has 302 valence electrons. The van der Waals surface area contributed by atoms with Crippen molar-refractivity contribution >= 4 is 96.7 Å². The molecular formula is C57H33N7S. The number of rotatable bonds is 5. The minimum absolute atomic E-state index is 0.544. The van der Waals surface area contributed by atoms with Crippen LogP contribution in [0.25, 0.3) is 131 Å². The maximum absolute atomic E-state index is 5.39. The number of hydrogen-bond acceptors (Lipinski definition) is 6. The van der Waals surface area contributed by atoms with Crippen LogP contribution >= 0.6 is 11.3 Å². The van der Waals surface area contributed by atoms with Crippen LogP contribution in [0.1, 0.15) is 0 Å². The summed E-state index contributed by atoms with van der Waals surface area (Å²) in [6.07, 6.45) is 1.87. The van der Waals surface area contributed by atoms with E-state index in [0.717, 1.165) is 87.7 Å². The zero-order valence-electron chi connectivity index (χ0n) is 34.6. The minimum atomic E-state index is 0.544. The molecular weight excluding hydrogens is 815 g/mol. The molecule has 0 bridgehead atoms. The fourth-order valence-electron chi connectivity index (χ4n) is 9.82. The zero-order valence-corrected chi connectivity index (χ0v) is 35.4. The minimum Gasteiger partial charge on any atom is -0.294 e. The Morgan fingerprint density at radius 1 is 0.354 bits per heavy atom. The van der Waals surface area contributed by atoms with Crippen LogP contribution in [0.15, 0.2) is 200 Å². The van der Waals surface area contributed by atoms with E-state index < -0.39 is 0 Å². The van der Waals surface area contributed by atoms with Crippen LogP contribution < -0.4 is 0 Å². The zero-order chi connectivity index (χ0) is 42.6. The number of para-hydroxylation sites is 2. The highest BCUT2D eigenvalue weighted by molar-refractivity contribution is 7.25. The fourth-order valence-corrected chi connectivity index (χ4v) is 10.9. The first-order valence-corrected chi connectivity index (χ1v) is 22.5. The van der Waals surface area contributed by atoms with Gasteiger partial charge >= 0.3 is 0 Å². The van der Waals surface area contributed by atoms with E-state index in [0.29, 0.717) is 23.4 Å². The first kappa shape index (κ1) is 35.9. The van der Waals surface area contributed by atoms with Crippen LogP contribution in [0.5, 0.6) is 0 Å². The predicted molar refractivity (Wildman–Crippen MR) is 268 cm³/mol. The van der Waals surface area contributed by atoms with Crippen molar-refractivity contribution in [3.05, 3.63) is 200 Å². The quantitative estimate of drug-likeness (QED) is 0.172. The summed E-state index contributed by atoms with van der Waals surface area (Å²) in [5.74, 6) is 3.21. The summed E-state index contributed by atoms with van der Waals surface area (Å²) >= 11 is 1.81. The van der Waals surface area contributed by atoms with Crippen LogP contribution in [0.4, 0.5) is 0 Å². The summed E-state index contributed by atoms with van der Waals surface area (Å²) in [5, 5.41) is 11.4. The van der Waals surface area contributed by atoms with Crippen molar-refractivity contribution < 1.29 is 0 Å². The molecule has 0 N–H and O–H groups in total. The molecule has 0 fully saturated rings. The van der Waals surface area contributed by atoms with Crippen molar-refractivity contribution in [3.8, 4) is 45.9 Å². The maximum atomic E-state index is 5.39. The van der Waals surface area contributed by atoms with Gasteiger partial charge in [0.1, 0.15) is 5.82 Å². The van der Waals surface area contributed by atoms with Gasteiger partial charge in [-0.1, -0.05) is 133 Å². The van der Waals surface area contributed by atoms with Gasteiger partial charge in [-0.2, -0.15) is 9.97 Å². The van der Waals surface area contributed by atoms with Gasteiger partial charge in [0.2, 0.25) is 5.95 Å². The Hall–Kier alpha value is -8.59. The monoisotopic (exact) mass is 847 g/mol. The second-order valence-corrected chi connectivity index (χ2v) is 17.6. The Bertz CT molecular complexity index is 4180. The average Bonchev–Trinajstić information content (AvgIpc) is 4.03. The van der Waals surface area contributed by atoms with Crippen LogP contribution in [0.2, 0.25) is 0 Å². The number of fused-ring (bicyclic) bond motifs is 12. The van der Waals surface area contributed by atoms with Crippen molar-refractivity contribution in [2.24, 2.45) is 0 Å². The predicted octanol–water partition coefficient (Wildman–Crippen LogP) is 14.5. The molecule has 0 saturated heterocycles. The molecule has 14 rings (SSSR count). The molecule has 65 heavy (non-hydrogen) atoms. The van der Waals surface area contributed by atoms with Crippen LogP contribution in [-0.4, -0.2) is 34.1 Å². The van der Waals surface area contributed by atoms with Gasteiger partial charge in [-0.05, 0) is 82.2 Å². The van der Waals surface area contributed by atoms with Crippen molar-refractivity contribution in [3.63, 3.8) is 0 Å². The van der Waals surface area contributed by atoms with Crippen LogP contribution in [0, 0.1) is 0 Å². The molecule has 0 atom stereocenters. The first-order chi connectivity index (χ1) is 32.2. The summed E-state index contributed by atoms with van der Waals surface area (Å²) in [7, 11) is 0. The van der Waals surface area contributed by atoms with Gasteiger partial charge < -0.3 is 0 Å². The Labute approximate surface area is 375 Å². The first-order valence-electron chi connectivity index (χ1n) is 21.7. The number of aromatic nitrogens is 7. The number of nitrogens with zero attached hydrogens (tertiary/aromatic N) is 7. The maximum Gasteiger partial charge on any atom is 0.238 e. The van der Waals surface area contributed by atoms with Gasteiger partial charge in [-0.15, -0.1) is 11.3 Å². The Morgan fingerprint density at radius 2 is 0.938 bits per heavy atom. The number of thiophene rings is 1. The van der Waals surface area contributed by atoms with Gasteiger partial charge in [0, 0.05) is 64.6 Å². The van der Waals surface area contributed by atoms with E-state index >= 15 is 0 Å². The fraction of sp³-hybridized carbons (Fsp3) is 0. The third kappa shape index (κ3) is 5.57. The Morgan fingerprint density at radius 3 is 1.68 bits per heavy atom. The van der Waals surface area contributed by atoms with E-state index in [-0.39, 0.29) is 0 Å². The highest BCUT2D eigenvalue weighted by Crippen LogP contribution is 2.42. The standard InChI is InChI=1S/C57H33N7S/c1-3-13-36-31-38(23-21-34(36)11-1)55-60-56(39-24-22-35-12-2-4-14-37(35)32-39)62-57(61-55)64-46-18-8-5-15-41(46)43-26-27-48-52(53(43)64)44-17-6-9-19-47(44)63(48)51-29-30-58-54(59-51)40-25-28-50-45(33-40)42-16-7-10-20-49(42)65-50/h1-33H. The Kier molecular flexibility index (Phi) is 7.72. The second kappa shape index (κ2) is 14.0. The Balaban J connectivity index is 1.03.